The maximum atomic E-state index is 13.3. The van der Waals surface area contributed by atoms with Gasteiger partial charge in [-0.3, -0.25) is 0 Å². The van der Waals surface area contributed by atoms with Crippen molar-refractivity contribution >= 4 is 5.57 Å². The highest BCUT2D eigenvalue weighted by Gasteiger charge is 2.01. The van der Waals surface area contributed by atoms with Gasteiger partial charge in [0.15, 0.2) is 0 Å². The Kier molecular flexibility index (Phi) is 6.09. The van der Waals surface area contributed by atoms with E-state index in [-0.39, 0.29) is 13.2 Å². The average Bonchev–Trinajstić information content (AvgIpc) is 2.24. The number of allylic oxidation sites excluding steroid dienone is 5. The van der Waals surface area contributed by atoms with E-state index in [4.69, 9.17) is 0 Å². The van der Waals surface area contributed by atoms with Gasteiger partial charge in [0, 0.05) is 0 Å². The molecule has 0 saturated carbocycles. The van der Waals surface area contributed by atoms with Crippen LogP contribution in [0, 0.1) is 12.7 Å². The minimum atomic E-state index is -0.168. The van der Waals surface area contributed by atoms with Crippen molar-refractivity contribution in [3.63, 3.8) is 0 Å². The van der Waals surface area contributed by atoms with E-state index in [0.29, 0.717) is 5.56 Å². The zero-order valence-corrected chi connectivity index (χ0v) is 9.13. The molecule has 0 fully saturated rings. The molecular weight excluding hydrogens is 199 g/mol. The molecule has 16 heavy (non-hydrogen) atoms. The number of benzene rings is 1. The molecule has 0 radical (unpaired) electrons. The molecule has 0 spiro atoms. The highest BCUT2D eigenvalue weighted by molar-refractivity contribution is 5.74. The van der Waals surface area contributed by atoms with Crippen molar-refractivity contribution in [3.8, 4) is 0 Å². The number of aryl methyl sites for hydroxylation is 1. The van der Waals surface area contributed by atoms with Gasteiger partial charge in [-0.15, -0.1) is 0 Å². The fourth-order valence-electron chi connectivity index (χ4n) is 1.30. The molecule has 0 nitrogen and oxygen atoms in total. The first-order chi connectivity index (χ1) is 7.19. The SMILES string of the molecule is C.C=C/C=C\C(=C/C)c1ccc(C)c(F)c1. The summed E-state index contributed by atoms with van der Waals surface area (Å²) < 4.78 is 13.3. The minimum Gasteiger partial charge on any atom is -0.207 e. The summed E-state index contributed by atoms with van der Waals surface area (Å²) in [5, 5.41) is 0. The smallest absolute Gasteiger partial charge is 0.126 e. The zero-order valence-electron chi connectivity index (χ0n) is 9.13. The predicted molar refractivity (Wildman–Crippen MR) is 70.9 cm³/mol. The lowest BCUT2D eigenvalue weighted by Gasteiger charge is -2.03. The molecule has 1 rings (SSSR count). The number of hydrogen-bond acceptors (Lipinski definition) is 0. The van der Waals surface area contributed by atoms with E-state index in [9.17, 15) is 4.39 Å². The summed E-state index contributed by atoms with van der Waals surface area (Å²) >= 11 is 0. The van der Waals surface area contributed by atoms with Crippen molar-refractivity contribution in [2.45, 2.75) is 21.3 Å². The molecule has 0 bridgehead atoms. The molecule has 0 aliphatic heterocycles. The Hall–Kier alpha value is -1.63. The van der Waals surface area contributed by atoms with Crippen LogP contribution in [0.2, 0.25) is 0 Å². The minimum absolute atomic E-state index is 0. The second-order valence-electron chi connectivity index (χ2n) is 3.30. The molecule has 0 aliphatic rings. The molecule has 1 aromatic carbocycles. The Bertz CT molecular complexity index is 411. The van der Waals surface area contributed by atoms with E-state index in [1.54, 1.807) is 25.1 Å². The van der Waals surface area contributed by atoms with E-state index < -0.39 is 0 Å². The third kappa shape index (κ3) is 3.50. The number of hydrogen-bond donors (Lipinski definition) is 0. The van der Waals surface area contributed by atoms with Crippen LogP contribution in [0.3, 0.4) is 0 Å². The van der Waals surface area contributed by atoms with Crippen LogP contribution in [0.5, 0.6) is 0 Å². The van der Waals surface area contributed by atoms with Crippen molar-refractivity contribution in [2.24, 2.45) is 0 Å². The second kappa shape index (κ2) is 6.78. The predicted octanol–water partition coefficient (Wildman–Crippen LogP) is 4.92. The Morgan fingerprint density at radius 1 is 1.38 bits per heavy atom. The molecule has 0 N–H and O–H groups in total. The van der Waals surface area contributed by atoms with Crippen LogP contribution in [0.15, 0.2) is 49.1 Å². The molecule has 0 heterocycles. The Morgan fingerprint density at radius 2 is 2.06 bits per heavy atom. The van der Waals surface area contributed by atoms with Gasteiger partial charge in [-0.25, -0.2) is 4.39 Å². The van der Waals surface area contributed by atoms with Crippen LogP contribution in [0.1, 0.15) is 25.5 Å². The quantitative estimate of drug-likeness (QED) is 0.632. The second-order valence-corrected chi connectivity index (χ2v) is 3.30. The Labute approximate surface area is 97.8 Å². The Morgan fingerprint density at radius 3 is 2.56 bits per heavy atom. The Balaban J connectivity index is 0.00000225. The third-order valence-electron chi connectivity index (χ3n) is 2.23. The monoisotopic (exact) mass is 218 g/mol. The van der Waals surface area contributed by atoms with Gasteiger partial charge in [0.1, 0.15) is 5.82 Å². The molecule has 0 aromatic heterocycles. The fourth-order valence-corrected chi connectivity index (χ4v) is 1.30. The summed E-state index contributed by atoms with van der Waals surface area (Å²) in [6.45, 7) is 7.29. The van der Waals surface area contributed by atoms with Crippen LogP contribution in [0.25, 0.3) is 5.57 Å². The van der Waals surface area contributed by atoms with E-state index >= 15 is 0 Å². The van der Waals surface area contributed by atoms with Crippen molar-refractivity contribution in [1.29, 1.82) is 0 Å². The van der Waals surface area contributed by atoms with Crippen molar-refractivity contribution in [2.75, 3.05) is 0 Å². The van der Waals surface area contributed by atoms with Crippen LogP contribution in [-0.2, 0) is 0 Å². The lowest BCUT2D eigenvalue weighted by molar-refractivity contribution is 0.618. The molecular formula is C15H19F. The van der Waals surface area contributed by atoms with Crippen LogP contribution in [-0.4, -0.2) is 0 Å². The normalized spacial score (nSPS) is 11.3. The highest BCUT2D eigenvalue weighted by atomic mass is 19.1. The average molecular weight is 218 g/mol. The van der Waals surface area contributed by atoms with Crippen molar-refractivity contribution in [3.05, 3.63) is 66.0 Å². The zero-order chi connectivity index (χ0) is 11.3. The van der Waals surface area contributed by atoms with Crippen LogP contribution < -0.4 is 0 Å². The summed E-state index contributed by atoms with van der Waals surface area (Å²) in [6.07, 6.45) is 7.41. The summed E-state index contributed by atoms with van der Waals surface area (Å²) in [4.78, 5) is 0. The standard InChI is InChI=1S/C14H15F.CH4/c1-4-6-7-12(5-2)13-9-8-11(3)14(15)10-13;/h4-10H,1H2,2-3H3;1H4/b7-6-,12-5+;. The van der Waals surface area contributed by atoms with Gasteiger partial charge >= 0.3 is 0 Å². The molecule has 0 aliphatic carbocycles. The maximum Gasteiger partial charge on any atom is 0.126 e. The van der Waals surface area contributed by atoms with Crippen LogP contribution in [0.4, 0.5) is 4.39 Å². The van der Waals surface area contributed by atoms with E-state index in [2.05, 4.69) is 6.58 Å². The van der Waals surface area contributed by atoms with Gasteiger partial charge in [0.05, 0.1) is 0 Å². The topological polar surface area (TPSA) is 0 Å². The molecule has 0 saturated heterocycles. The van der Waals surface area contributed by atoms with Gasteiger partial charge in [-0.05, 0) is 36.6 Å². The summed E-state index contributed by atoms with van der Waals surface area (Å²) in [7, 11) is 0. The summed E-state index contributed by atoms with van der Waals surface area (Å²) in [6, 6.07) is 5.26. The first kappa shape index (κ1) is 14.4. The molecule has 0 amide bonds. The molecule has 0 unspecified atom stereocenters. The first-order valence-corrected chi connectivity index (χ1v) is 4.91. The summed E-state index contributed by atoms with van der Waals surface area (Å²) in [5.41, 5.74) is 2.55. The van der Waals surface area contributed by atoms with E-state index in [1.165, 1.54) is 0 Å². The van der Waals surface area contributed by atoms with E-state index in [0.717, 1.165) is 11.1 Å². The van der Waals surface area contributed by atoms with Gasteiger partial charge in [0.25, 0.3) is 0 Å². The number of halogens is 1. The third-order valence-corrected chi connectivity index (χ3v) is 2.23. The fraction of sp³-hybridized carbons (Fsp3) is 0.200. The van der Waals surface area contributed by atoms with Crippen LogP contribution >= 0.6 is 0 Å². The van der Waals surface area contributed by atoms with Gasteiger partial charge in [-0.1, -0.05) is 50.4 Å². The molecule has 1 aromatic rings. The first-order valence-electron chi connectivity index (χ1n) is 4.91. The summed E-state index contributed by atoms with van der Waals surface area (Å²) in [5.74, 6) is -0.168. The van der Waals surface area contributed by atoms with Gasteiger partial charge in [-0.2, -0.15) is 0 Å². The molecule has 0 atom stereocenters. The molecule has 86 valence electrons. The number of rotatable bonds is 3. The maximum absolute atomic E-state index is 13.3. The van der Waals surface area contributed by atoms with Gasteiger partial charge in [0.2, 0.25) is 0 Å². The lowest BCUT2D eigenvalue weighted by Crippen LogP contribution is -1.86. The largest absolute Gasteiger partial charge is 0.207 e. The highest BCUT2D eigenvalue weighted by Crippen LogP contribution is 2.18. The molecule has 1 heteroatoms. The van der Waals surface area contributed by atoms with Crippen molar-refractivity contribution < 1.29 is 4.39 Å². The van der Waals surface area contributed by atoms with Gasteiger partial charge < -0.3 is 0 Å². The van der Waals surface area contributed by atoms with E-state index in [1.807, 2.05) is 31.2 Å². The van der Waals surface area contributed by atoms with Crippen molar-refractivity contribution in [1.82, 2.24) is 0 Å². The lowest BCUT2D eigenvalue weighted by atomic mass is 10.0.